The molecule has 6 heteroatoms. The molecule has 1 heterocycles. The summed E-state index contributed by atoms with van der Waals surface area (Å²) >= 11 is 0. The van der Waals surface area contributed by atoms with E-state index >= 15 is 0 Å². The third-order valence-electron chi connectivity index (χ3n) is 3.80. The fourth-order valence-corrected chi connectivity index (χ4v) is 2.42. The first-order chi connectivity index (χ1) is 8.96. The van der Waals surface area contributed by atoms with Crippen LogP contribution in [-0.2, 0) is 0 Å². The number of hydrogen-bond acceptors (Lipinski definition) is 3. The van der Waals surface area contributed by atoms with Crippen LogP contribution in [-0.4, -0.2) is 22.2 Å². The predicted molar refractivity (Wildman–Crippen MR) is 65.2 cm³/mol. The van der Waals surface area contributed by atoms with Crippen LogP contribution in [0, 0.1) is 23.5 Å². The maximum absolute atomic E-state index is 13.6. The lowest BCUT2D eigenvalue weighted by atomic mass is 9.77. The van der Waals surface area contributed by atoms with Crippen LogP contribution in [0.4, 0.5) is 19.0 Å². The average Bonchev–Trinajstić information content (AvgIpc) is 2.39. The highest BCUT2D eigenvalue weighted by Crippen LogP contribution is 2.34. The Kier molecular flexibility index (Phi) is 3.99. The average molecular weight is 274 g/mol. The molecule has 2 N–H and O–H groups in total. The van der Waals surface area contributed by atoms with Crippen molar-refractivity contribution in [3.63, 3.8) is 0 Å². The van der Waals surface area contributed by atoms with Gasteiger partial charge >= 0.3 is 0 Å². The maximum atomic E-state index is 13.6. The van der Waals surface area contributed by atoms with Gasteiger partial charge in [0.1, 0.15) is 0 Å². The second-order valence-electron chi connectivity index (χ2n) is 5.34. The van der Waals surface area contributed by atoms with Gasteiger partial charge in [-0.15, -0.1) is 0 Å². The molecular formula is C13H17F3N2O. The Bertz CT molecular complexity index is 459. The van der Waals surface area contributed by atoms with Gasteiger partial charge in [0, 0.05) is 6.07 Å². The third-order valence-corrected chi connectivity index (χ3v) is 3.80. The Labute approximate surface area is 109 Å². The van der Waals surface area contributed by atoms with Crippen LogP contribution in [0.1, 0.15) is 32.6 Å². The number of aliphatic hydroxyl groups excluding tert-OH is 1. The van der Waals surface area contributed by atoms with E-state index in [-0.39, 0.29) is 12.4 Å². The lowest BCUT2D eigenvalue weighted by Gasteiger charge is -2.39. The summed E-state index contributed by atoms with van der Waals surface area (Å²) in [6, 6.07) is 0.460. The fourth-order valence-electron chi connectivity index (χ4n) is 2.42. The molecule has 0 atom stereocenters. The van der Waals surface area contributed by atoms with Crippen molar-refractivity contribution in [2.24, 2.45) is 5.92 Å². The lowest BCUT2D eigenvalue weighted by molar-refractivity contribution is 0.154. The maximum Gasteiger partial charge on any atom is 0.251 e. The molecule has 1 saturated carbocycles. The number of aromatic nitrogens is 1. The minimum absolute atomic E-state index is 0.195. The molecule has 0 saturated heterocycles. The highest BCUT2D eigenvalue weighted by Gasteiger charge is 2.34. The molecule has 0 spiro atoms. The number of halogens is 3. The van der Waals surface area contributed by atoms with Crippen molar-refractivity contribution in [1.82, 2.24) is 4.98 Å². The van der Waals surface area contributed by atoms with Crippen LogP contribution >= 0.6 is 0 Å². The van der Waals surface area contributed by atoms with E-state index in [0.29, 0.717) is 24.8 Å². The normalized spacial score (nSPS) is 27.3. The van der Waals surface area contributed by atoms with E-state index in [1.165, 1.54) is 0 Å². The number of nitrogens with zero attached hydrogens (tertiary/aromatic N) is 1. The minimum atomic E-state index is -1.35. The summed E-state index contributed by atoms with van der Waals surface area (Å²) in [5.41, 5.74) is -0.704. The van der Waals surface area contributed by atoms with Crippen LogP contribution in [0.3, 0.4) is 0 Å². The quantitative estimate of drug-likeness (QED) is 0.833. The predicted octanol–water partition coefficient (Wildman–Crippen LogP) is 2.85. The summed E-state index contributed by atoms with van der Waals surface area (Å²) < 4.78 is 39.4. The molecule has 0 aliphatic heterocycles. The van der Waals surface area contributed by atoms with Crippen molar-refractivity contribution in [1.29, 1.82) is 0 Å². The van der Waals surface area contributed by atoms with E-state index in [9.17, 15) is 18.3 Å². The molecule has 0 radical (unpaired) electrons. The Morgan fingerprint density at radius 1 is 1.32 bits per heavy atom. The van der Waals surface area contributed by atoms with Crippen molar-refractivity contribution < 1.29 is 18.3 Å². The number of pyridine rings is 1. The number of rotatable bonds is 3. The SMILES string of the molecule is CC1CCC(CO)(Nc2nc(F)c(F)cc2F)CC1. The Morgan fingerprint density at radius 2 is 1.95 bits per heavy atom. The van der Waals surface area contributed by atoms with Gasteiger partial charge in [-0.3, -0.25) is 0 Å². The van der Waals surface area contributed by atoms with Crippen LogP contribution in [0.5, 0.6) is 0 Å². The Balaban J connectivity index is 2.21. The first-order valence-electron chi connectivity index (χ1n) is 6.36. The topological polar surface area (TPSA) is 45.1 Å². The van der Waals surface area contributed by atoms with Crippen molar-refractivity contribution >= 4 is 5.82 Å². The highest BCUT2D eigenvalue weighted by atomic mass is 19.2. The third kappa shape index (κ3) is 3.00. The van der Waals surface area contributed by atoms with Crippen LogP contribution in [0.25, 0.3) is 0 Å². The van der Waals surface area contributed by atoms with Gasteiger partial charge < -0.3 is 10.4 Å². The molecule has 1 aliphatic carbocycles. The second-order valence-corrected chi connectivity index (χ2v) is 5.34. The summed E-state index contributed by atoms with van der Waals surface area (Å²) in [4.78, 5) is 3.24. The summed E-state index contributed by atoms with van der Waals surface area (Å²) in [5, 5.41) is 12.3. The smallest absolute Gasteiger partial charge is 0.251 e. The lowest BCUT2D eigenvalue weighted by Crippen LogP contribution is -2.45. The van der Waals surface area contributed by atoms with E-state index in [4.69, 9.17) is 0 Å². The van der Waals surface area contributed by atoms with E-state index in [1.807, 2.05) is 0 Å². The van der Waals surface area contributed by atoms with Gasteiger partial charge in [0.15, 0.2) is 17.5 Å². The van der Waals surface area contributed by atoms with Gasteiger partial charge in [0.05, 0.1) is 12.1 Å². The molecule has 3 nitrogen and oxygen atoms in total. The molecule has 0 amide bonds. The van der Waals surface area contributed by atoms with Gasteiger partial charge in [-0.1, -0.05) is 6.92 Å². The molecule has 0 bridgehead atoms. The summed E-state index contributed by atoms with van der Waals surface area (Å²) in [6.07, 6.45) is 3.06. The van der Waals surface area contributed by atoms with E-state index < -0.39 is 23.1 Å². The molecule has 0 aromatic carbocycles. The van der Waals surface area contributed by atoms with Crippen molar-refractivity contribution in [3.8, 4) is 0 Å². The van der Waals surface area contributed by atoms with Gasteiger partial charge in [-0.05, 0) is 31.6 Å². The van der Waals surface area contributed by atoms with Crippen LogP contribution < -0.4 is 5.32 Å². The monoisotopic (exact) mass is 274 g/mol. The van der Waals surface area contributed by atoms with Crippen molar-refractivity contribution in [3.05, 3.63) is 23.6 Å². The number of aliphatic hydroxyl groups is 1. The summed E-state index contributed by atoms with van der Waals surface area (Å²) in [7, 11) is 0. The van der Waals surface area contributed by atoms with Crippen molar-refractivity contribution in [2.75, 3.05) is 11.9 Å². The van der Waals surface area contributed by atoms with E-state index in [2.05, 4.69) is 17.2 Å². The zero-order valence-corrected chi connectivity index (χ0v) is 10.7. The summed E-state index contributed by atoms with van der Waals surface area (Å²) in [6.45, 7) is 1.91. The molecule has 106 valence electrons. The van der Waals surface area contributed by atoms with Gasteiger partial charge in [0.25, 0.3) is 5.95 Å². The van der Waals surface area contributed by atoms with Gasteiger partial charge in [-0.25, -0.2) is 8.78 Å². The molecule has 1 aromatic rings. The Morgan fingerprint density at radius 3 is 2.53 bits per heavy atom. The Hall–Kier alpha value is -1.30. The zero-order chi connectivity index (χ0) is 14.0. The van der Waals surface area contributed by atoms with Crippen LogP contribution in [0.15, 0.2) is 6.07 Å². The first-order valence-corrected chi connectivity index (χ1v) is 6.36. The molecule has 1 aromatic heterocycles. The largest absolute Gasteiger partial charge is 0.394 e. The highest BCUT2D eigenvalue weighted by molar-refractivity contribution is 5.39. The molecular weight excluding hydrogens is 257 g/mol. The standard InChI is InChI=1S/C13H17F3N2O/c1-8-2-4-13(7-19,5-3-8)18-12-10(15)6-9(14)11(16)17-12/h6,8,19H,2-5,7H2,1H3,(H,17,18). The number of hydrogen-bond donors (Lipinski definition) is 2. The molecule has 2 rings (SSSR count). The van der Waals surface area contributed by atoms with E-state index in [1.54, 1.807) is 0 Å². The van der Waals surface area contributed by atoms with Gasteiger partial charge in [-0.2, -0.15) is 9.37 Å². The minimum Gasteiger partial charge on any atom is -0.394 e. The molecule has 1 fully saturated rings. The van der Waals surface area contributed by atoms with Crippen LogP contribution in [0.2, 0.25) is 0 Å². The second kappa shape index (κ2) is 5.36. The first kappa shape index (κ1) is 14.1. The van der Waals surface area contributed by atoms with Gasteiger partial charge in [0.2, 0.25) is 0 Å². The zero-order valence-electron chi connectivity index (χ0n) is 10.7. The summed E-state index contributed by atoms with van der Waals surface area (Å²) in [5.74, 6) is -3.42. The van der Waals surface area contributed by atoms with Crippen molar-refractivity contribution in [2.45, 2.75) is 38.1 Å². The number of nitrogens with one attached hydrogen (secondary N) is 1. The fraction of sp³-hybridized carbons (Fsp3) is 0.615. The van der Waals surface area contributed by atoms with E-state index in [0.717, 1.165) is 12.8 Å². The molecule has 1 aliphatic rings. The number of anilines is 1. The molecule has 0 unspecified atom stereocenters. The molecule has 19 heavy (non-hydrogen) atoms.